The minimum Gasteiger partial charge on any atom is -0.449 e. The molecule has 0 saturated carbocycles. The van der Waals surface area contributed by atoms with Crippen molar-refractivity contribution in [2.75, 3.05) is 18.0 Å². The number of anilines is 1. The number of fused-ring (bicyclic) bond motifs is 1. The van der Waals surface area contributed by atoms with Crippen LogP contribution in [-0.2, 0) is 32.5 Å². The van der Waals surface area contributed by atoms with Gasteiger partial charge in [-0.2, -0.15) is 4.31 Å². The first-order chi connectivity index (χ1) is 17.6. The number of amides is 1. The van der Waals surface area contributed by atoms with Crippen LogP contribution < -0.4 is 4.90 Å². The monoisotopic (exact) mass is 602 g/mol. The SMILES string of the molecule is Cc1cc(N2CCC(OC(=O)c3ccc(Cl)c(S(=O)(=O)N4CCc5ccccc5C4)c3)C2=O)ccc1Br. The van der Waals surface area contributed by atoms with Crippen LogP contribution in [0, 0.1) is 6.92 Å². The number of benzene rings is 3. The van der Waals surface area contributed by atoms with E-state index in [2.05, 4.69) is 15.9 Å². The second-order valence-corrected chi connectivity index (χ2v) is 12.3. The zero-order valence-corrected chi connectivity index (χ0v) is 23.1. The number of nitrogens with zero attached hydrogens (tertiary/aromatic N) is 2. The lowest BCUT2D eigenvalue weighted by molar-refractivity contribution is -0.124. The molecule has 1 fully saturated rings. The van der Waals surface area contributed by atoms with Crippen molar-refractivity contribution in [1.29, 1.82) is 0 Å². The van der Waals surface area contributed by atoms with Gasteiger partial charge in [0.05, 0.1) is 10.6 Å². The number of carbonyl (C=O) groups excluding carboxylic acids is 2. The highest BCUT2D eigenvalue weighted by Crippen LogP contribution is 2.31. The summed E-state index contributed by atoms with van der Waals surface area (Å²) in [5.74, 6) is -1.09. The van der Waals surface area contributed by atoms with E-state index in [0.717, 1.165) is 26.9 Å². The van der Waals surface area contributed by atoms with Crippen LogP contribution in [0.25, 0.3) is 0 Å². The van der Waals surface area contributed by atoms with E-state index in [-0.39, 0.29) is 27.9 Å². The molecule has 37 heavy (non-hydrogen) atoms. The summed E-state index contributed by atoms with van der Waals surface area (Å²) in [7, 11) is -3.97. The van der Waals surface area contributed by atoms with Crippen molar-refractivity contribution in [2.45, 2.75) is 37.3 Å². The Morgan fingerprint density at radius 2 is 1.81 bits per heavy atom. The maximum Gasteiger partial charge on any atom is 0.338 e. The molecule has 192 valence electrons. The number of esters is 1. The van der Waals surface area contributed by atoms with Crippen molar-refractivity contribution in [3.05, 3.63) is 92.4 Å². The van der Waals surface area contributed by atoms with E-state index in [4.69, 9.17) is 16.3 Å². The smallest absolute Gasteiger partial charge is 0.338 e. The average molecular weight is 604 g/mol. The Balaban J connectivity index is 1.33. The van der Waals surface area contributed by atoms with E-state index in [0.29, 0.717) is 25.9 Å². The van der Waals surface area contributed by atoms with Crippen molar-refractivity contribution in [1.82, 2.24) is 4.31 Å². The molecule has 1 atom stereocenters. The third kappa shape index (κ3) is 5.05. The van der Waals surface area contributed by atoms with Gasteiger partial charge in [0.15, 0.2) is 6.10 Å². The number of sulfonamides is 1. The summed E-state index contributed by atoms with van der Waals surface area (Å²) in [5.41, 5.74) is 3.79. The molecule has 0 aromatic heterocycles. The molecule has 2 heterocycles. The van der Waals surface area contributed by atoms with E-state index in [1.165, 1.54) is 22.5 Å². The fourth-order valence-electron chi connectivity index (χ4n) is 4.66. The van der Waals surface area contributed by atoms with Crippen LogP contribution in [0.1, 0.15) is 33.5 Å². The van der Waals surface area contributed by atoms with E-state index >= 15 is 0 Å². The van der Waals surface area contributed by atoms with Gasteiger partial charge < -0.3 is 9.64 Å². The first-order valence-corrected chi connectivity index (χ1v) is 14.4. The van der Waals surface area contributed by atoms with Gasteiger partial charge in [-0.05, 0) is 66.4 Å². The molecular weight excluding hydrogens is 580 g/mol. The maximum absolute atomic E-state index is 13.5. The molecule has 0 N–H and O–H groups in total. The molecule has 2 aliphatic heterocycles. The Kier molecular flexibility index (Phi) is 7.15. The molecule has 2 aliphatic rings. The second kappa shape index (κ2) is 10.2. The Labute approximate surface area is 229 Å². The van der Waals surface area contributed by atoms with E-state index in [9.17, 15) is 18.0 Å². The van der Waals surface area contributed by atoms with Crippen LogP contribution in [0.15, 0.2) is 70.0 Å². The third-order valence-electron chi connectivity index (χ3n) is 6.74. The molecule has 10 heteroatoms. The highest BCUT2D eigenvalue weighted by Gasteiger charge is 2.36. The quantitative estimate of drug-likeness (QED) is 0.378. The van der Waals surface area contributed by atoms with Gasteiger partial charge >= 0.3 is 5.97 Å². The van der Waals surface area contributed by atoms with E-state index < -0.39 is 22.1 Å². The van der Waals surface area contributed by atoms with Crippen molar-refractivity contribution in [3.8, 4) is 0 Å². The number of rotatable bonds is 5. The predicted molar refractivity (Wildman–Crippen MR) is 144 cm³/mol. The summed E-state index contributed by atoms with van der Waals surface area (Å²) < 4.78 is 34.8. The summed E-state index contributed by atoms with van der Waals surface area (Å²) in [5, 5.41) is 0.0177. The first kappa shape index (κ1) is 25.9. The highest BCUT2D eigenvalue weighted by atomic mass is 79.9. The molecule has 1 amide bonds. The van der Waals surface area contributed by atoms with Gasteiger partial charge in [-0.3, -0.25) is 4.79 Å². The van der Waals surface area contributed by atoms with Gasteiger partial charge in [0, 0.05) is 36.2 Å². The Morgan fingerprint density at radius 1 is 1.05 bits per heavy atom. The Bertz CT molecular complexity index is 1510. The highest BCUT2D eigenvalue weighted by molar-refractivity contribution is 9.10. The van der Waals surface area contributed by atoms with Gasteiger partial charge in [-0.15, -0.1) is 0 Å². The Hall–Kier alpha value is -2.72. The minimum atomic E-state index is -3.97. The van der Waals surface area contributed by atoms with Crippen LogP contribution in [0.5, 0.6) is 0 Å². The van der Waals surface area contributed by atoms with Crippen molar-refractivity contribution in [2.24, 2.45) is 0 Å². The fourth-order valence-corrected chi connectivity index (χ4v) is 6.82. The summed E-state index contributed by atoms with van der Waals surface area (Å²) >= 11 is 9.74. The molecular formula is C27H24BrClN2O5S. The number of aryl methyl sites for hydroxylation is 1. The van der Waals surface area contributed by atoms with Gasteiger partial charge in [-0.1, -0.05) is 51.8 Å². The van der Waals surface area contributed by atoms with Gasteiger partial charge in [-0.25, -0.2) is 13.2 Å². The zero-order chi connectivity index (χ0) is 26.3. The van der Waals surface area contributed by atoms with Crippen LogP contribution in [0.3, 0.4) is 0 Å². The van der Waals surface area contributed by atoms with E-state index in [1.54, 1.807) is 4.90 Å². The van der Waals surface area contributed by atoms with E-state index in [1.807, 2.05) is 49.4 Å². The minimum absolute atomic E-state index is 0.0177. The van der Waals surface area contributed by atoms with Gasteiger partial charge in [0.1, 0.15) is 4.90 Å². The van der Waals surface area contributed by atoms with Crippen molar-refractivity contribution < 1.29 is 22.7 Å². The molecule has 3 aromatic rings. The van der Waals surface area contributed by atoms with Gasteiger partial charge in [0.2, 0.25) is 10.0 Å². The van der Waals surface area contributed by atoms with Crippen LogP contribution >= 0.6 is 27.5 Å². The summed E-state index contributed by atoms with van der Waals surface area (Å²) in [6, 6.07) is 17.3. The molecule has 1 saturated heterocycles. The maximum atomic E-state index is 13.5. The molecule has 0 radical (unpaired) electrons. The predicted octanol–water partition coefficient (Wildman–Crippen LogP) is 5.12. The standard InChI is InChI=1S/C27H24BrClN2O5S/c1-17-14-21(7-8-22(17)28)31-13-11-24(26(31)32)36-27(33)19-6-9-23(29)25(15-19)37(34,35)30-12-10-18-4-2-3-5-20(18)16-30/h2-9,14-15,24H,10-13,16H2,1H3. The molecule has 1 unspecified atom stereocenters. The molecule has 7 nitrogen and oxygen atoms in total. The summed E-state index contributed by atoms with van der Waals surface area (Å²) in [6.07, 6.45) is -0.0239. The molecule has 3 aromatic carbocycles. The number of hydrogen-bond donors (Lipinski definition) is 0. The summed E-state index contributed by atoms with van der Waals surface area (Å²) in [6.45, 7) is 2.88. The first-order valence-electron chi connectivity index (χ1n) is 11.8. The topological polar surface area (TPSA) is 84.0 Å². The fraction of sp³-hybridized carbons (Fsp3) is 0.259. The molecule has 5 rings (SSSR count). The average Bonchev–Trinajstić information content (AvgIpc) is 3.25. The second-order valence-electron chi connectivity index (χ2n) is 9.11. The third-order valence-corrected chi connectivity index (χ3v) is 9.96. The van der Waals surface area contributed by atoms with Gasteiger partial charge in [0.25, 0.3) is 5.91 Å². The molecule has 0 aliphatic carbocycles. The van der Waals surface area contributed by atoms with Crippen LogP contribution in [-0.4, -0.2) is 43.8 Å². The molecule has 0 bridgehead atoms. The number of carbonyl (C=O) groups is 2. The Morgan fingerprint density at radius 3 is 2.57 bits per heavy atom. The lowest BCUT2D eigenvalue weighted by Crippen LogP contribution is -2.36. The zero-order valence-electron chi connectivity index (χ0n) is 20.0. The van der Waals surface area contributed by atoms with Crippen molar-refractivity contribution >= 4 is 55.1 Å². The number of halogens is 2. The lowest BCUT2D eigenvalue weighted by Gasteiger charge is -2.28. The van der Waals surface area contributed by atoms with Crippen LogP contribution in [0.4, 0.5) is 5.69 Å². The van der Waals surface area contributed by atoms with Crippen LogP contribution in [0.2, 0.25) is 5.02 Å². The summed E-state index contributed by atoms with van der Waals surface area (Å²) in [4.78, 5) is 27.4. The normalized spacial score (nSPS) is 18.1. The number of ether oxygens (including phenoxy) is 1. The lowest BCUT2D eigenvalue weighted by atomic mass is 10.0. The molecule has 0 spiro atoms. The van der Waals surface area contributed by atoms with Crippen molar-refractivity contribution in [3.63, 3.8) is 0 Å². The largest absolute Gasteiger partial charge is 0.449 e. The number of hydrogen-bond acceptors (Lipinski definition) is 5.